The monoisotopic (exact) mass is 249 g/mol. The first kappa shape index (κ1) is 8.91. The molecule has 0 N–H and O–H groups in total. The standard InChI is InChI=1S/C9H4BrN3O/c10-9-2-1-8(14-9)7-3-6(4-11)12-5-13-7/h1-3,5H. The summed E-state index contributed by atoms with van der Waals surface area (Å²) >= 11 is 3.19. The summed E-state index contributed by atoms with van der Waals surface area (Å²) in [5.41, 5.74) is 0.921. The van der Waals surface area contributed by atoms with E-state index in [-0.39, 0.29) is 0 Å². The van der Waals surface area contributed by atoms with Crippen LogP contribution in [0.3, 0.4) is 0 Å². The van der Waals surface area contributed by atoms with E-state index >= 15 is 0 Å². The van der Waals surface area contributed by atoms with Crippen molar-refractivity contribution in [3.05, 3.63) is 34.9 Å². The van der Waals surface area contributed by atoms with Crippen LogP contribution in [0.15, 0.2) is 33.6 Å². The summed E-state index contributed by atoms with van der Waals surface area (Å²) < 4.78 is 5.92. The van der Waals surface area contributed by atoms with Gasteiger partial charge >= 0.3 is 0 Å². The van der Waals surface area contributed by atoms with Gasteiger partial charge in [-0.05, 0) is 28.1 Å². The van der Waals surface area contributed by atoms with E-state index in [9.17, 15) is 0 Å². The molecule has 0 amide bonds. The fourth-order valence-electron chi connectivity index (χ4n) is 1.01. The number of halogens is 1. The molecule has 0 aliphatic heterocycles. The van der Waals surface area contributed by atoms with Gasteiger partial charge in [0.15, 0.2) is 10.4 Å². The average Bonchev–Trinajstić information content (AvgIpc) is 2.65. The smallest absolute Gasteiger partial charge is 0.169 e. The molecule has 2 heterocycles. The molecule has 0 fully saturated rings. The number of nitrogens with zero attached hydrogens (tertiary/aromatic N) is 3. The zero-order valence-electron chi connectivity index (χ0n) is 6.94. The molecule has 14 heavy (non-hydrogen) atoms. The second-order valence-electron chi connectivity index (χ2n) is 2.50. The van der Waals surface area contributed by atoms with E-state index in [4.69, 9.17) is 9.68 Å². The van der Waals surface area contributed by atoms with Gasteiger partial charge in [0.25, 0.3) is 0 Å². The Kier molecular flexibility index (Phi) is 2.29. The Bertz CT molecular complexity index is 501. The van der Waals surface area contributed by atoms with E-state index in [0.29, 0.717) is 21.8 Å². The van der Waals surface area contributed by atoms with Crippen LogP contribution < -0.4 is 0 Å². The summed E-state index contributed by atoms with van der Waals surface area (Å²) in [6, 6.07) is 7.05. The summed E-state index contributed by atoms with van der Waals surface area (Å²) in [6.45, 7) is 0. The van der Waals surface area contributed by atoms with Gasteiger partial charge in [-0.3, -0.25) is 0 Å². The molecule has 0 bridgehead atoms. The van der Waals surface area contributed by atoms with Crippen LogP contribution in [0.25, 0.3) is 11.5 Å². The largest absolute Gasteiger partial charge is 0.448 e. The molecule has 0 spiro atoms. The van der Waals surface area contributed by atoms with E-state index in [1.54, 1.807) is 18.2 Å². The lowest BCUT2D eigenvalue weighted by Crippen LogP contribution is -1.86. The average molecular weight is 250 g/mol. The van der Waals surface area contributed by atoms with Gasteiger partial charge in [0.1, 0.15) is 23.8 Å². The Morgan fingerprint density at radius 3 is 2.86 bits per heavy atom. The first-order chi connectivity index (χ1) is 6.79. The van der Waals surface area contributed by atoms with Crippen molar-refractivity contribution in [2.75, 3.05) is 0 Å². The third kappa shape index (κ3) is 1.65. The summed E-state index contributed by atoms with van der Waals surface area (Å²) in [6.07, 6.45) is 1.34. The van der Waals surface area contributed by atoms with Gasteiger partial charge < -0.3 is 4.42 Å². The summed E-state index contributed by atoms with van der Waals surface area (Å²) in [4.78, 5) is 7.76. The molecule has 0 aliphatic rings. The van der Waals surface area contributed by atoms with Crippen molar-refractivity contribution in [2.24, 2.45) is 0 Å². The lowest BCUT2D eigenvalue weighted by atomic mass is 10.3. The Hall–Kier alpha value is -1.67. The van der Waals surface area contributed by atoms with Gasteiger partial charge in [-0.2, -0.15) is 5.26 Å². The molecule has 2 aromatic heterocycles. The maximum absolute atomic E-state index is 8.63. The summed E-state index contributed by atoms with van der Waals surface area (Å²) in [5.74, 6) is 0.607. The molecule has 0 aliphatic carbocycles. The van der Waals surface area contributed by atoms with Crippen LogP contribution in [-0.2, 0) is 0 Å². The number of aromatic nitrogens is 2. The Morgan fingerprint density at radius 1 is 1.36 bits per heavy atom. The van der Waals surface area contributed by atoms with Crippen molar-refractivity contribution >= 4 is 15.9 Å². The topological polar surface area (TPSA) is 62.7 Å². The summed E-state index contributed by atoms with van der Waals surface area (Å²) in [5, 5.41) is 8.63. The third-order valence-electron chi connectivity index (χ3n) is 1.61. The molecule has 0 atom stereocenters. The SMILES string of the molecule is N#Cc1cc(-c2ccc(Br)o2)ncn1. The molecular weight excluding hydrogens is 246 g/mol. The van der Waals surface area contributed by atoms with Crippen LogP contribution in [0.2, 0.25) is 0 Å². The van der Waals surface area contributed by atoms with E-state index in [1.807, 2.05) is 6.07 Å². The fraction of sp³-hybridized carbons (Fsp3) is 0. The highest BCUT2D eigenvalue weighted by atomic mass is 79.9. The quantitative estimate of drug-likeness (QED) is 0.779. The van der Waals surface area contributed by atoms with Crippen LogP contribution in [0.4, 0.5) is 0 Å². The van der Waals surface area contributed by atoms with E-state index < -0.39 is 0 Å². The van der Waals surface area contributed by atoms with Gasteiger partial charge in [-0.25, -0.2) is 9.97 Å². The maximum Gasteiger partial charge on any atom is 0.169 e. The minimum atomic E-state index is 0.322. The highest BCUT2D eigenvalue weighted by Gasteiger charge is 2.05. The molecule has 0 saturated carbocycles. The third-order valence-corrected chi connectivity index (χ3v) is 2.03. The molecule has 2 aromatic rings. The predicted molar refractivity (Wildman–Crippen MR) is 52.1 cm³/mol. The van der Waals surface area contributed by atoms with Crippen LogP contribution in [0.5, 0.6) is 0 Å². The van der Waals surface area contributed by atoms with Gasteiger partial charge in [0.05, 0.1) is 0 Å². The fourth-order valence-corrected chi connectivity index (χ4v) is 1.31. The highest BCUT2D eigenvalue weighted by Crippen LogP contribution is 2.22. The van der Waals surface area contributed by atoms with Crippen LogP contribution in [-0.4, -0.2) is 9.97 Å². The van der Waals surface area contributed by atoms with Crippen LogP contribution >= 0.6 is 15.9 Å². The van der Waals surface area contributed by atoms with Crippen LogP contribution in [0, 0.1) is 11.3 Å². The van der Waals surface area contributed by atoms with Gasteiger partial charge in [0, 0.05) is 6.07 Å². The first-order valence-corrected chi connectivity index (χ1v) is 4.57. The first-order valence-electron chi connectivity index (χ1n) is 3.77. The minimum absolute atomic E-state index is 0.322. The van der Waals surface area contributed by atoms with E-state index in [0.717, 1.165) is 0 Å². The van der Waals surface area contributed by atoms with E-state index in [2.05, 4.69) is 25.9 Å². The zero-order valence-corrected chi connectivity index (χ0v) is 8.52. The van der Waals surface area contributed by atoms with Crippen molar-refractivity contribution in [1.82, 2.24) is 9.97 Å². The Balaban J connectivity index is 2.47. The molecule has 2 rings (SSSR count). The molecular formula is C9H4BrN3O. The van der Waals surface area contributed by atoms with Crippen LogP contribution in [0.1, 0.15) is 5.69 Å². The minimum Gasteiger partial charge on any atom is -0.448 e. The Labute approximate surface area is 88.3 Å². The molecule has 0 saturated heterocycles. The van der Waals surface area contributed by atoms with Crippen molar-refractivity contribution in [3.8, 4) is 17.5 Å². The highest BCUT2D eigenvalue weighted by molar-refractivity contribution is 9.10. The normalized spacial score (nSPS) is 9.71. The molecule has 0 unspecified atom stereocenters. The van der Waals surface area contributed by atoms with Gasteiger partial charge in [-0.15, -0.1) is 0 Å². The number of rotatable bonds is 1. The van der Waals surface area contributed by atoms with Crippen molar-refractivity contribution in [1.29, 1.82) is 5.26 Å². The number of hydrogen-bond acceptors (Lipinski definition) is 4. The Morgan fingerprint density at radius 2 is 2.21 bits per heavy atom. The van der Waals surface area contributed by atoms with Crippen molar-refractivity contribution < 1.29 is 4.42 Å². The second-order valence-corrected chi connectivity index (χ2v) is 3.29. The van der Waals surface area contributed by atoms with Gasteiger partial charge in [0.2, 0.25) is 0 Å². The zero-order chi connectivity index (χ0) is 9.97. The number of hydrogen-bond donors (Lipinski definition) is 0. The maximum atomic E-state index is 8.63. The molecule has 0 radical (unpaired) electrons. The molecule has 4 nitrogen and oxygen atoms in total. The van der Waals surface area contributed by atoms with Crippen molar-refractivity contribution in [2.45, 2.75) is 0 Å². The lowest BCUT2D eigenvalue weighted by Gasteiger charge is -1.94. The second kappa shape index (κ2) is 3.60. The molecule has 0 aromatic carbocycles. The van der Waals surface area contributed by atoms with Gasteiger partial charge in [-0.1, -0.05) is 0 Å². The lowest BCUT2D eigenvalue weighted by molar-refractivity contribution is 0.553. The number of nitriles is 1. The summed E-state index contributed by atoms with van der Waals surface area (Å²) in [7, 11) is 0. The molecule has 68 valence electrons. The van der Waals surface area contributed by atoms with Crippen molar-refractivity contribution in [3.63, 3.8) is 0 Å². The molecule has 5 heteroatoms. The predicted octanol–water partition coefficient (Wildman–Crippen LogP) is 2.37. The number of furan rings is 1. The van der Waals surface area contributed by atoms with E-state index in [1.165, 1.54) is 6.33 Å².